The number of nitriles is 1. The van der Waals surface area contributed by atoms with Gasteiger partial charge < -0.3 is 10.2 Å². The standard InChI is InChI=1S/C14H16N6/c1-11-18-13(17-8-5-15)9-14(19-11)20(2)10-12-3-6-16-7-4-12/h3-4,6-7,9H,8,10H2,1-2H3,(H,17,18,19). The molecule has 6 heteroatoms. The largest absolute Gasteiger partial charge is 0.357 e. The summed E-state index contributed by atoms with van der Waals surface area (Å²) in [6.45, 7) is 2.79. The summed E-state index contributed by atoms with van der Waals surface area (Å²) < 4.78 is 0. The van der Waals surface area contributed by atoms with Crippen LogP contribution < -0.4 is 10.2 Å². The monoisotopic (exact) mass is 268 g/mol. The smallest absolute Gasteiger partial charge is 0.134 e. The lowest BCUT2D eigenvalue weighted by Crippen LogP contribution is -2.19. The maximum atomic E-state index is 8.60. The van der Waals surface area contributed by atoms with Crippen LogP contribution in [0.1, 0.15) is 11.4 Å². The van der Waals surface area contributed by atoms with E-state index in [-0.39, 0.29) is 6.54 Å². The van der Waals surface area contributed by atoms with Crippen LogP contribution in [-0.2, 0) is 6.54 Å². The van der Waals surface area contributed by atoms with E-state index in [1.165, 1.54) is 0 Å². The number of anilines is 2. The predicted molar refractivity (Wildman–Crippen MR) is 77.2 cm³/mol. The molecule has 0 spiro atoms. The Morgan fingerprint density at radius 2 is 2.05 bits per heavy atom. The van der Waals surface area contributed by atoms with Crippen molar-refractivity contribution >= 4 is 11.6 Å². The molecule has 0 saturated carbocycles. The summed E-state index contributed by atoms with van der Waals surface area (Å²) in [6, 6.07) is 7.81. The van der Waals surface area contributed by atoms with Crippen LogP contribution in [0, 0.1) is 18.3 Å². The Morgan fingerprint density at radius 1 is 1.30 bits per heavy atom. The molecule has 0 radical (unpaired) electrons. The summed E-state index contributed by atoms with van der Waals surface area (Å²) in [6.07, 6.45) is 3.54. The number of nitrogens with one attached hydrogen (secondary N) is 1. The molecule has 0 aliphatic carbocycles. The van der Waals surface area contributed by atoms with Gasteiger partial charge in [0.2, 0.25) is 0 Å². The molecule has 0 saturated heterocycles. The summed E-state index contributed by atoms with van der Waals surface area (Å²) in [7, 11) is 1.97. The Morgan fingerprint density at radius 3 is 2.75 bits per heavy atom. The third-order valence-electron chi connectivity index (χ3n) is 2.73. The van der Waals surface area contributed by atoms with Crippen LogP contribution in [0.3, 0.4) is 0 Å². The average molecular weight is 268 g/mol. The molecular weight excluding hydrogens is 252 g/mol. The highest BCUT2D eigenvalue weighted by Gasteiger charge is 2.07. The highest BCUT2D eigenvalue weighted by molar-refractivity contribution is 5.49. The molecule has 0 fully saturated rings. The van der Waals surface area contributed by atoms with Crippen LogP contribution in [0.2, 0.25) is 0 Å². The molecular formula is C14H16N6. The van der Waals surface area contributed by atoms with Crippen LogP contribution >= 0.6 is 0 Å². The first-order chi connectivity index (χ1) is 9.69. The normalized spacial score (nSPS) is 9.85. The fourth-order valence-corrected chi connectivity index (χ4v) is 1.81. The lowest BCUT2D eigenvalue weighted by molar-refractivity contribution is 0.877. The minimum absolute atomic E-state index is 0.226. The number of rotatable bonds is 5. The molecule has 1 N–H and O–H groups in total. The third kappa shape index (κ3) is 3.65. The zero-order valence-electron chi connectivity index (χ0n) is 11.5. The summed E-state index contributed by atoms with van der Waals surface area (Å²) in [5, 5.41) is 11.5. The lowest BCUT2D eigenvalue weighted by Gasteiger charge is -2.19. The van der Waals surface area contributed by atoms with Gasteiger partial charge in [0.15, 0.2) is 0 Å². The van der Waals surface area contributed by atoms with Crippen molar-refractivity contribution in [2.75, 3.05) is 23.8 Å². The zero-order valence-corrected chi connectivity index (χ0v) is 11.5. The second kappa shape index (κ2) is 6.48. The van der Waals surface area contributed by atoms with E-state index in [4.69, 9.17) is 5.26 Å². The van der Waals surface area contributed by atoms with E-state index in [1.807, 2.05) is 43.1 Å². The number of hydrogen-bond donors (Lipinski definition) is 1. The number of pyridine rings is 1. The summed E-state index contributed by atoms with van der Waals surface area (Å²) in [5.41, 5.74) is 1.16. The maximum absolute atomic E-state index is 8.60. The highest BCUT2D eigenvalue weighted by Crippen LogP contribution is 2.16. The first-order valence-electron chi connectivity index (χ1n) is 6.25. The van der Waals surface area contributed by atoms with Crippen LogP contribution in [0.25, 0.3) is 0 Å². The van der Waals surface area contributed by atoms with E-state index < -0.39 is 0 Å². The second-order valence-corrected chi connectivity index (χ2v) is 4.38. The van der Waals surface area contributed by atoms with Gasteiger partial charge in [0, 0.05) is 32.1 Å². The molecule has 2 rings (SSSR count). The topological polar surface area (TPSA) is 77.7 Å². The van der Waals surface area contributed by atoms with Crippen molar-refractivity contribution in [3.8, 4) is 6.07 Å². The molecule has 0 aromatic carbocycles. The van der Waals surface area contributed by atoms with Gasteiger partial charge in [-0.25, -0.2) is 9.97 Å². The SMILES string of the molecule is Cc1nc(NCC#N)cc(N(C)Cc2ccncc2)n1. The molecule has 2 aromatic rings. The predicted octanol–water partition coefficient (Wildman–Crippen LogP) is 1.75. The van der Waals surface area contributed by atoms with Gasteiger partial charge >= 0.3 is 0 Å². The molecule has 0 unspecified atom stereocenters. The summed E-state index contributed by atoms with van der Waals surface area (Å²) in [4.78, 5) is 14.7. The lowest BCUT2D eigenvalue weighted by atomic mass is 10.2. The van der Waals surface area contributed by atoms with E-state index in [1.54, 1.807) is 12.4 Å². The maximum Gasteiger partial charge on any atom is 0.134 e. The number of hydrogen-bond acceptors (Lipinski definition) is 6. The number of aromatic nitrogens is 3. The summed E-state index contributed by atoms with van der Waals surface area (Å²) >= 11 is 0. The van der Waals surface area contributed by atoms with E-state index in [9.17, 15) is 0 Å². The van der Waals surface area contributed by atoms with Crippen molar-refractivity contribution < 1.29 is 0 Å². The van der Waals surface area contributed by atoms with E-state index in [2.05, 4.69) is 20.3 Å². The Kier molecular flexibility index (Phi) is 4.45. The number of nitrogens with zero attached hydrogens (tertiary/aromatic N) is 5. The van der Waals surface area contributed by atoms with Crippen LogP contribution in [-0.4, -0.2) is 28.5 Å². The molecule has 0 aliphatic rings. The van der Waals surface area contributed by atoms with Gasteiger partial charge in [-0.2, -0.15) is 5.26 Å². The molecule has 6 nitrogen and oxygen atoms in total. The van der Waals surface area contributed by atoms with Gasteiger partial charge in [0.05, 0.1) is 6.07 Å². The Hall–Kier alpha value is -2.68. The fraction of sp³-hybridized carbons (Fsp3) is 0.286. The highest BCUT2D eigenvalue weighted by atomic mass is 15.2. The van der Waals surface area contributed by atoms with Gasteiger partial charge in [-0.1, -0.05) is 0 Å². The molecule has 0 aliphatic heterocycles. The van der Waals surface area contributed by atoms with Gasteiger partial charge in [-0.3, -0.25) is 4.98 Å². The number of aryl methyl sites for hydroxylation is 1. The van der Waals surface area contributed by atoms with Crippen LogP contribution in [0.15, 0.2) is 30.6 Å². The van der Waals surface area contributed by atoms with Crippen molar-refractivity contribution in [2.45, 2.75) is 13.5 Å². The molecule has 102 valence electrons. The fourth-order valence-electron chi connectivity index (χ4n) is 1.81. The minimum Gasteiger partial charge on any atom is -0.357 e. The van der Waals surface area contributed by atoms with E-state index in [0.29, 0.717) is 11.6 Å². The Labute approximate surface area is 118 Å². The molecule has 0 amide bonds. The molecule has 0 atom stereocenters. The average Bonchev–Trinajstić information content (AvgIpc) is 2.45. The third-order valence-corrected chi connectivity index (χ3v) is 2.73. The molecule has 2 aromatic heterocycles. The van der Waals surface area contributed by atoms with Gasteiger partial charge in [0.1, 0.15) is 24.0 Å². The first kappa shape index (κ1) is 13.7. The van der Waals surface area contributed by atoms with Gasteiger partial charge in [-0.15, -0.1) is 0 Å². The zero-order chi connectivity index (χ0) is 14.4. The second-order valence-electron chi connectivity index (χ2n) is 4.38. The quantitative estimate of drug-likeness (QED) is 0.832. The van der Waals surface area contributed by atoms with E-state index in [0.717, 1.165) is 17.9 Å². The Balaban J connectivity index is 2.15. The van der Waals surface area contributed by atoms with Crippen molar-refractivity contribution in [1.29, 1.82) is 5.26 Å². The first-order valence-corrected chi connectivity index (χ1v) is 6.25. The van der Waals surface area contributed by atoms with Crippen molar-refractivity contribution in [3.63, 3.8) is 0 Å². The Bertz CT molecular complexity index is 605. The van der Waals surface area contributed by atoms with Crippen molar-refractivity contribution in [3.05, 3.63) is 42.0 Å². The molecule has 0 bridgehead atoms. The van der Waals surface area contributed by atoms with Crippen molar-refractivity contribution in [2.24, 2.45) is 0 Å². The van der Waals surface area contributed by atoms with Gasteiger partial charge in [-0.05, 0) is 24.6 Å². The van der Waals surface area contributed by atoms with E-state index >= 15 is 0 Å². The summed E-state index contributed by atoms with van der Waals surface area (Å²) in [5.74, 6) is 2.15. The van der Waals surface area contributed by atoms with Crippen LogP contribution in [0.5, 0.6) is 0 Å². The molecule has 20 heavy (non-hydrogen) atoms. The van der Waals surface area contributed by atoms with Gasteiger partial charge in [0.25, 0.3) is 0 Å². The molecule has 2 heterocycles. The van der Waals surface area contributed by atoms with Crippen molar-refractivity contribution in [1.82, 2.24) is 15.0 Å². The minimum atomic E-state index is 0.226. The van der Waals surface area contributed by atoms with Crippen LogP contribution in [0.4, 0.5) is 11.6 Å².